The number of hydrogen-bond donors (Lipinski definition) is 1. The quantitative estimate of drug-likeness (QED) is 0.835. The molecule has 14 heavy (non-hydrogen) atoms. The summed E-state index contributed by atoms with van der Waals surface area (Å²) < 4.78 is 36.6. The van der Waals surface area contributed by atoms with Gasteiger partial charge in [0, 0.05) is 0 Å². The van der Waals surface area contributed by atoms with Crippen LogP contribution in [-0.2, 0) is 0 Å². The van der Waals surface area contributed by atoms with E-state index >= 15 is 0 Å². The number of benzene rings is 1. The number of carboxylic acid groups (broad SMARTS) is 1. The third-order valence-corrected chi connectivity index (χ3v) is 2.29. The first-order chi connectivity index (χ1) is 6.32. The number of carboxylic acids is 1. The smallest absolute Gasteiger partial charge is 0.478 e. The molecule has 0 aliphatic heterocycles. The van der Waals surface area contributed by atoms with Crippen molar-refractivity contribution < 1.29 is 22.8 Å². The van der Waals surface area contributed by atoms with Crippen LogP contribution < -0.4 is 5.46 Å². The van der Waals surface area contributed by atoms with Crippen molar-refractivity contribution in [3.63, 3.8) is 0 Å². The average Bonchev–Trinajstić information content (AvgIpc) is 2.01. The zero-order valence-electron chi connectivity index (χ0n) is 6.68. The molecule has 0 heterocycles. The van der Waals surface area contributed by atoms with Gasteiger partial charge in [0.25, 0.3) is 0 Å². The molecule has 1 rings (SSSR count). The summed E-state index contributed by atoms with van der Waals surface area (Å²) in [5.41, 5.74) is -1.00. The number of aromatic carboxylic acids is 1. The third kappa shape index (κ3) is 2.28. The number of hydrogen-bond acceptors (Lipinski definition) is 1. The molecule has 0 aliphatic rings. The highest BCUT2D eigenvalue weighted by Gasteiger charge is 2.28. The van der Waals surface area contributed by atoms with E-state index in [-0.39, 0.29) is 10.0 Å². The summed E-state index contributed by atoms with van der Waals surface area (Å²) in [5, 5.41) is 8.51. The Balaban J connectivity index is 3.21. The molecule has 0 atom stereocenters. The van der Waals surface area contributed by atoms with Crippen LogP contribution in [0.1, 0.15) is 10.4 Å². The summed E-state index contributed by atoms with van der Waals surface area (Å²) in [4.78, 5) is 10.4. The van der Waals surface area contributed by atoms with Gasteiger partial charge in [0.1, 0.15) is 0 Å². The van der Waals surface area contributed by atoms with Gasteiger partial charge >= 0.3 is 12.9 Å². The predicted octanol–water partition coefficient (Wildman–Crippen LogP) is 2.20. The van der Waals surface area contributed by atoms with E-state index in [0.717, 1.165) is 18.2 Å². The molecule has 7 heteroatoms. The lowest BCUT2D eigenvalue weighted by Gasteiger charge is -2.16. The highest BCUT2D eigenvalue weighted by atomic mass is 79.9. The third-order valence-electron chi connectivity index (χ3n) is 1.60. The van der Waals surface area contributed by atoms with Gasteiger partial charge in [-0.25, -0.2) is 4.79 Å². The fourth-order valence-corrected chi connectivity index (χ4v) is 1.56. The van der Waals surface area contributed by atoms with Crippen LogP contribution in [0.5, 0.6) is 0 Å². The normalized spacial score (nSPS) is 11.4. The van der Waals surface area contributed by atoms with Gasteiger partial charge in [0.2, 0.25) is 0 Å². The van der Waals surface area contributed by atoms with E-state index in [1.54, 1.807) is 0 Å². The molecule has 0 fully saturated rings. The van der Waals surface area contributed by atoms with Crippen LogP contribution in [0.2, 0.25) is 0 Å². The predicted molar refractivity (Wildman–Crippen MR) is 49.8 cm³/mol. The van der Waals surface area contributed by atoms with Crippen LogP contribution in [0.4, 0.5) is 12.9 Å². The first-order valence-corrected chi connectivity index (χ1v) is 4.34. The Morgan fingerprint density at radius 1 is 1.36 bits per heavy atom. The van der Waals surface area contributed by atoms with Gasteiger partial charge in [-0.2, -0.15) is 0 Å². The van der Waals surface area contributed by atoms with Gasteiger partial charge in [-0.05, 0) is 10.5 Å². The molecule has 1 aromatic carbocycles. The molecule has 0 bridgehead atoms. The fraction of sp³-hybridized carbons (Fsp3) is 0. The SMILES string of the molecule is O=C(O)c1ccc([B-](F)(F)F)c(Br)c1. The summed E-state index contributed by atoms with van der Waals surface area (Å²) in [5.74, 6) is -1.26. The average molecular weight is 268 g/mol. The lowest BCUT2D eigenvalue weighted by molar-refractivity contribution is 0.0697. The van der Waals surface area contributed by atoms with Crippen LogP contribution in [0.15, 0.2) is 22.7 Å². The van der Waals surface area contributed by atoms with E-state index in [1.807, 2.05) is 0 Å². The Morgan fingerprint density at radius 3 is 2.29 bits per heavy atom. The molecule has 0 spiro atoms. The van der Waals surface area contributed by atoms with E-state index in [2.05, 4.69) is 15.9 Å². The van der Waals surface area contributed by atoms with Crippen LogP contribution in [0.25, 0.3) is 0 Å². The number of carbonyl (C=O) groups is 1. The fourth-order valence-electron chi connectivity index (χ4n) is 0.926. The monoisotopic (exact) mass is 267 g/mol. The lowest BCUT2D eigenvalue weighted by Crippen LogP contribution is -2.35. The highest BCUT2D eigenvalue weighted by molar-refractivity contribution is 9.10. The maximum atomic E-state index is 12.3. The molecule has 1 N–H and O–H groups in total. The van der Waals surface area contributed by atoms with Crippen molar-refractivity contribution >= 4 is 34.3 Å². The first-order valence-electron chi connectivity index (χ1n) is 3.55. The van der Waals surface area contributed by atoms with Crippen molar-refractivity contribution in [3.8, 4) is 0 Å². The summed E-state index contributed by atoms with van der Waals surface area (Å²) in [6, 6.07) is 2.62. The van der Waals surface area contributed by atoms with Crippen LogP contribution >= 0.6 is 15.9 Å². The molecule has 0 unspecified atom stereocenters. The van der Waals surface area contributed by atoms with Crippen LogP contribution in [0, 0.1) is 0 Å². The molecular formula is C7H4BBrF3O2-. The molecule has 1 aromatic rings. The number of halogens is 4. The van der Waals surface area contributed by atoms with E-state index in [0.29, 0.717) is 0 Å². The van der Waals surface area contributed by atoms with Gasteiger partial charge in [0.05, 0.1) is 5.56 Å². The minimum atomic E-state index is -5.11. The Hall–Kier alpha value is -0.975. The molecule has 76 valence electrons. The van der Waals surface area contributed by atoms with E-state index in [9.17, 15) is 17.7 Å². The summed E-state index contributed by atoms with van der Waals surface area (Å²) in [6.07, 6.45) is 0. The van der Waals surface area contributed by atoms with Crippen molar-refractivity contribution in [2.24, 2.45) is 0 Å². The van der Waals surface area contributed by atoms with Gasteiger partial charge in [-0.1, -0.05) is 33.5 Å². The van der Waals surface area contributed by atoms with Crippen molar-refractivity contribution in [3.05, 3.63) is 28.2 Å². The molecule has 0 aliphatic carbocycles. The molecule has 0 amide bonds. The van der Waals surface area contributed by atoms with Gasteiger partial charge in [0.15, 0.2) is 0 Å². The maximum absolute atomic E-state index is 12.3. The summed E-state index contributed by atoms with van der Waals surface area (Å²) >= 11 is 2.68. The number of rotatable bonds is 2. The van der Waals surface area contributed by atoms with Crippen LogP contribution in [0.3, 0.4) is 0 Å². The van der Waals surface area contributed by atoms with Crippen molar-refractivity contribution in [1.29, 1.82) is 0 Å². The van der Waals surface area contributed by atoms with Crippen LogP contribution in [-0.4, -0.2) is 18.1 Å². The summed E-state index contributed by atoms with van der Waals surface area (Å²) in [7, 11) is 0. The Bertz CT molecular complexity index is 378. The van der Waals surface area contributed by atoms with E-state index < -0.39 is 18.4 Å². The second-order valence-electron chi connectivity index (χ2n) is 2.62. The second kappa shape index (κ2) is 3.64. The molecule has 0 saturated carbocycles. The Morgan fingerprint density at radius 2 is 1.93 bits per heavy atom. The van der Waals surface area contributed by atoms with Crippen molar-refractivity contribution in [2.45, 2.75) is 0 Å². The van der Waals surface area contributed by atoms with Gasteiger partial charge < -0.3 is 18.1 Å². The molecule has 0 radical (unpaired) electrons. The highest BCUT2D eigenvalue weighted by Crippen LogP contribution is 2.18. The zero-order valence-corrected chi connectivity index (χ0v) is 8.26. The molecule has 2 nitrogen and oxygen atoms in total. The van der Waals surface area contributed by atoms with Gasteiger partial charge in [-0.3, -0.25) is 0 Å². The lowest BCUT2D eigenvalue weighted by atomic mass is 9.80. The molecular weight excluding hydrogens is 264 g/mol. The van der Waals surface area contributed by atoms with Crippen molar-refractivity contribution in [2.75, 3.05) is 0 Å². The van der Waals surface area contributed by atoms with E-state index in [1.165, 1.54) is 0 Å². The van der Waals surface area contributed by atoms with Crippen molar-refractivity contribution in [1.82, 2.24) is 0 Å². The second-order valence-corrected chi connectivity index (χ2v) is 3.47. The Kier molecular flexibility index (Phi) is 2.89. The van der Waals surface area contributed by atoms with E-state index in [4.69, 9.17) is 5.11 Å². The zero-order chi connectivity index (χ0) is 10.9. The largest absolute Gasteiger partial charge is 0.510 e. The molecule has 0 saturated heterocycles. The topological polar surface area (TPSA) is 37.3 Å². The first kappa shape index (κ1) is 11.1. The maximum Gasteiger partial charge on any atom is 0.510 e. The Labute approximate surface area is 85.9 Å². The minimum Gasteiger partial charge on any atom is -0.478 e. The van der Waals surface area contributed by atoms with Gasteiger partial charge in [-0.15, -0.1) is 0 Å². The minimum absolute atomic E-state index is 0.180. The standard InChI is InChI=1S/C7H4BBrF3O2/c9-6-3-4(7(13)14)1-2-5(6)8(10,11)12/h1-3H,(H,13,14)/q-1. The summed E-state index contributed by atoms with van der Waals surface area (Å²) in [6.45, 7) is -5.11. The molecule has 0 aromatic heterocycles.